The Labute approximate surface area is 174 Å². The Morgan fingerprint density at radius 1 is 1.07 bits per heavy atom. The fourth-order valence-corrected chi connectivity index (χ4v) is 4.02. The number of rotatable bonds is 7. The van der Waals surface area contributed by atoms with Gasteiger partial charge in [-0.25, -0.2) is 0 Å². The van der Waals surface area contributed by atoms with Crippen LogP contribution in [0.25, 0.3) is 16.8 Å². The standard InChI is InChI=1S/C25H33N3O/c1-4-27-25(29)22-13-14-23(15-22)28-24(16-26)21-11-9-20(10-12-21)19-7-5-18(6-8-19)17(2)3/h5-12,16-17,22-23,28H,4,13-15,26H2,1-3H3,(H,27,29)/b24-16-. The predicted octanol–water partition coefficient (Wildman–Crippen LogP) is 4.63. The highest BCUT2D eigenvalue weighted by atomic mass is 16.1. The highest BCUT2D eigenvalue weighted by Gasteiger charge is 2.29. The number of nitrogens with two attached hydrogens (primary N) is 1. The van der Waals surface area contributed by atoms with Crippen LogP contribution in [0.2, 0.25) is 0 Å². The Morgan fingerprint density at radius 3 is 2.24 bits per heavy atom. The Kier molecular flexibility index (Phi) is 6.97. The van der Waals surface area contributed by atoms with Gasteiger partial charge in [0.25, 0.3) is 0 Å². The smallest absolute Gasteiger partial charge is 0.223 e. The van der Waals surface area contributed by atoms with Crippen molar-refractivity contribution in [1.82, 2.24) is 10.6 Å². The van der Waals surface area contributed by atoms with Crippen molar-refractivity contribution in [2.45, 2.75) is 52.0 Å². The van der Waals surface area contributed by atoms with Crippen molar-refractivity contribution >= 4 is 11.6 Å². The number of benzene rings is 2. The maximum Gasteiger partial charge on any atom is 0.223 e. The van der Waals surface area contributed by atoms with Gasteiger partial charge in [-0.1, -0.05) is 62.4 Å². The van der Waals surface area contributed by atoms with E-state index in [0.717, 1.165) is 30.5 Å². The third-order valence-corrected chi connectivity index (χ3v) is 5.79. The molecular formula is C25H33N3O. The zero-order chi connectivity index (χ0) is 20.8. The van der Waals surface area contributed by atoms with Crippen LogP contribution in [0.1, 0.15) is 57.1 Å². The van der Waals surface area contributed by atoms with Gasteiger partial charge in [0.15, 0.2) is 0 Å². The number of amides is 1. The maximum absolute atomic E-state index is 12.1. The summed E-state index contributed by atoms with van der Waals surface area (Å²) < 4.78 is 0. The molecule has 2 unspecified atom stereocenters. The highest BCUT2D eigenvalue weighted by molar-refractivity contribution is 5.79. The van der Waals surface area contributed by atoms with Gasteiger partial charge < -0.3 is 16.4 Å². The largest absolute Gasteiger partial charge is 0.403 e. The summed E-state index contributed by atoms with van der Waals surface area (Å²) in [5, 5.41) is 6.48. The lowest BCUT2D eigenvalue weighted by Gasteiger charge is -2.18. The molecule has 1 aliphatic rings. The normalized spacial score (nSPS) is 19.4. The van der Waals surface area contributed by atoms with E-state index in [9.17, 15) is 4.79 Å². The molecule has 0 saturated heterocycles. The number of carbonyl (C=O) groups is 1. The van der Waals surface area contributed by atoms with Crippen molar-refractivity contribution in [3.05, 3.63) is 65.9 Å². The van der Waals surface area contributed by atoms with Gasteiger partial charge in [-0.05, 0) is 54.4 Å². The SMILES string of the molecule is CCNC(=O)C1CCC(N/C(=C\N)c2ccc(-c3ccc(C(C)C)cc3)cc2)C1. The molecule has 0 bridgehead atoms. The van der Waals surface area contributed by atoms with Gasteiger partial charge in [0, 0.05) is 24.7 Å². The van der Waals surface area contributed by atoms with E-state index in [1.165, 1.54) is 16.7 Å². The zero-order valence-electron chi connectivity index (χ0n) is 17.7. The molecule has 4 N–H and O–H groups in total. The Hall–Kier alpha value is -2.75. The van der Waals surface area contributed by atoms with Gasteiger partial charge in [0.2, 0.25) is 5.91 Å². The molecule has 2 aromatic rings. The van der Waals surface area contributed by atoms with E-state index in [4.69, 9.17) is 5.73 Å². The molecule has 1 aliphatic carbocycles. The molecule has 4 heteroatoms. The summed E-state index contributed by atoms with van der Waals surface area (Å²) >= 11 is 0. The molecule has 2 aromatic carbocycles. The first-order valence-corrected chi connectivity index (χ1v) is 10.7. The molecule has 1 fully saturated rings. The van der Waals surface area contributed by atoms with Crippen molar-refractivity contribution in [3.63, 3.8) is 0 Å². The number of hydrogen-bond donors (Lipinski definition) is 3. The third-order valence-electron chi connectivity index (χ3n) is 5.79. The van der Waals surface area contributed by atoms with Crippen LogP contribution in [0.3, 0.4) is 0 Å². The first-order chi connectivity index (χ1) is 14.0. The summed E-state index contributed by atoms with van der Waals surface area (Å²) in [6.07, 6.45) is 4.39. The summed E-state index contributed by atoms with van der Waals surface area (Å²) in [5.41, 5.74) is 11.7. The molecule has 1 amide bonds. The Balaban J connectivity index is 1.64. The average molecular weight is 392 g/mol. The van der Waals surface area contributed by atoms with E-state index in [0.29, 0.717) is 12.5 Å². The summed E-state index contributed by atoms with van der Waals surface area (Å²) in [6, 6.07) is 17.5. The van der Waals surface area contributed by atoms with E-state index in [-0.39, 0.29) is 17.9 Å². The van der Waals surface area contributed by atoms with Gasteiger partial charge in [0.1, 0.15) is 0 Å². The highest BCUT2D eigenvalue weighted by Crippen LogP contribution is 2.28. The van der Waals surface area contributed by atoms with Crippen LogP contribution in [0.4, 0.5) is 0 Å². The van der Waals surface area contributed by atoms with Crippen LogP contribution in [0.15, 0.2) is 54.7 Å². The monoisotopic (exact) mass is 391 g/mol. The van der Waals surface area contributed by atoms with Crippen molar-refractivity contribution in [3.8, 4) is 11.1 Å². The second-order valence-electron chi connectivity index (χ2n) is 8.18. The van der Waals surface area contributed by atoms with Crippen molar-refractivity contribution in [2.24, 2.45) is 11.7 Å². The van der Waals surface area contributed by atoms with Crippen LogP contribution in [-0.4, -0.2) is 18.5 Å². The summed E-state index contributed by atoms with van der Waals surface area (Å²) in [4.78, 5) is 12.1. The van der Waals surface area contributed by atoms with Crippen LogP contribution in [0, 0.1) is 5.92 Å². The molecule has 0 radical (unpaired) electrons. The first kappa shape index (κ1) is 21.0. The van der Waals surface area contributed by atoms with E-state index >= 15 is 0 Å². The van der Waals surface area contributed by atoms with Crippen molar-refractivity contribution in [1.29, 1.82) is 0 Å². The van der Waals surface area contributed by atoms with Gasteiger partial charge in [-0.15, -0.1) is 0 Å². The molecule has 4 nitrogen and oxygen atoms in total. The van der Waals surface area contributed by atoms with E-state index < -0.39 is 0 Å². The number of hydrogen-bond acceptors (Lipinski definition) is 3. The van der Waals surface area contributed by atoms with E-state index in [1.54, 1.807) is 6.20 Å². The summed E-state index contributed by atoms with van der Waals surface area (Å²) in [6.45, 7) is 7.06. The predicted molar refractivity (Wildman–Crippen MR) is 121 cm³/mol. The molecule has 0 heterocycles. The first-order valence-electron chi connectivity index (χ1n) is 10.7. The zero-order valence-corrected chi connectivity index (χ0v) is 17.7. The van der Waals surface area contributed by atoms with E-state index in [1.807, 2.05) is 6.92 Å². The molecule has 3 rings (SSSR count). The lowest BCUT2D eigenvalue weighted by atomic mass is 9.98. The van der Waals surface area contributed by atoms with Crippen molar-refractivity contribution in [2.75, 3.05) is 6.54 Å². The molecule has 154 valence electrons. The topological polar surface area (TPSA) is 67.2 Å². The number of carbonyl (C=O) groups excluding carboxylic acids is 1. The quantitative estimate of drug-likeness (QED) is 0.645. The van der Waals surface area contributed by atoms with Gasteiger partial charge in [0.05, 0.1) is 5.70 Å². The Morgan fingerprint density at radius 2 is 1.69 bits per heavy atom. The second kappa shape index (κ2) is 9.64. The maximum atomic E-state index is 12.1. The lowest BCUT2D eigenvalue weighted by Crippen LogP contribution is -2.31. The number of nitrogens with one attached hydrogen (secondary N) is 2. The third kappa shape index (κ3) is 5.20. The minimum atomic E-state index is 0.0997. The van der Waals surface area contributed by atoms with E-state index in [2.05, 4.69) is 73.0 Å². The molecule has 0 aliphatic heterocycles. The molecular weight excluding hydrogens is 358 g/mol. The molecule has 29 heavy (non-hydrogen) atoms. The molecule has 2 atom stereocenters. The summed E-state index contributed by atoms with van der Waals surface area (Å²) in [5.74, 6) is 0.809. The molecule has 0 aromatic heterocycles. The van der Waals surface area contributed by atoms with Gasteiger partial charge in [-0.2, -0.15) is 0 Å². The van der Waals surface area contributed by atoms with Crippen LogP contribution in [-0.2, 0) is 4.79 Å². The summed E-state index contributed by atoms with van der Waals surface area (Å²) in [7, 11) is 0. The fourth-order valence-electron chi connectivity index (χ4n) is 4.02. The lowest BCUT2D eigenvalue weighted by molar-refractivity contribution is -0.124. The minimum Gasteiger partial charge on any atom is -0.403 e. The van der Waals surface area contributed by atoms with Crippen LogP contribution < -0.4 is 16.4 Å². The molecule has 1 saturated carbocycles. The van der Waals surface area contributed by atoms with Gasteiger partial charge in [-0.3, -0.25) is 4.79 Å². The molecule has 0 spiro atoms. The fraction of sp³-hybridized carbons (Fsp3) is 0.400. The minimum absolute atomic E-state index is 0.0997. The van der Waals surface area contributed by atoms with Crippen LogP contribution in [0.5, 0.6) is 0 Å². The average Bonchev–Trinajstić information content (AvgIpc) is 3.21. The van der Waals surface area contributed by atoms with Gasteiger partial charge >= 0.3 is 0 Å². The van der Waals surface area contributed by atoms with Crippen molar-refractivity contribution < 1.29 is 4.79 Å². The van der Waals surface area contributed by atoms with Crippen LogP contribution >= 0.6 is 0 Å². The second-order valence-corrected chi connectivity index (χ2v) is 8.18. The Bertz CT molecular complexity index is 837.